The predicted octanol–water partition coefficient (Wildman–Crippen LogP) is 6.14. The number of rotatable bonds is 7. The van der Waals surface area contributed by atoms with Crippen molar-refractivity contribution in [2.24, 2.45) is 5.41 Å². The van der Waals surface area contributed by atoms with E-state index in [1.807, 2.05) is 30.0 Å². The molecule has 0 N–H and O–H groups in total. The van der Waals surface area contributed by atoms with Crippen molar-refractivity contribution in [3.8, 4) is 17.3 Å². The summed E-state index contributed by atoms with van der Waals surface area (Å²) < 4.78 is 0. The highest BCUT2D eigenvalue weighted by atomic mass is 16.2. The van der Waals surface area contributed by atoms with Gasteiger partial charge in [0.05, 0.1) is 22.7 Å². The lowest BCUT2D eigenvalue weighted by molar-refractivity contribution is 0.0648. The molecular weight excluding hydrogens is 408 g/mol. The second-order valence-electron chi connectivity index (χ2n) is 8.59. The first kappa shape index (κ1) is 24.1. The van der Waals surface area contributed by atoms with Gasteiger partial charge in [-0.05, 0) is 63.8 Å². The number of nitrogens with zero attached hydrogens (tertiary/aromatic N) is 4. The van der Waals surface area contributed by atoms with Crippen LogP contribution in [0.3, 0.4) is 0 Å². The molecule has 3 heterocycles. The fourth-order valence-electron chi connectivity index (χ4n) is 4.06. The summed E-state index contributed by atoms with van der Waals surface area (Å²) in [5, 5.41) is 10.0. The normalized spacial score (nSPS) is 16.6. The molecular formula is C28H32N4O. The smallest absolute Gasteiger partial charge is 0.256 e. The zero-order valence-corrected chi connectivity index (χ0v) is 19.8. The second-order valence-corrected chi connectivity index (χ2v) is 8.59. The highest BCUT2D eigenvalue weighted by Gasteiger charge is 2.37. The third-order valence-electron chi connectivity index (χ3n) is 6.40. The van der Waals surface area contributed by atoms with Crippen LogP contribution in [0.4, 0.5) is 0 Å². The van der Waals surface area contributed by atoms with Crippen LogP contribution in [0.2, 0.25) is 0 Å². The van der Waals surface area contributed by atoms with Gasteiger partial charge in [-0.25, -0.2) is 0 Å². The quantitative estimate of drug-likeness (QED) is 0.485. The van der Waals surface area contributed by atoms with Crippen LogP contribution in [0.5, 0.6) is 0 Å². The Morgan fingerprint density at radius 2 is 1.94 bits per heavy atom. The Bertz CT molecular complexity index is 1080. The van der Waals surface area contributed by atoms with Gasteiger partial charge in [0, 0.05) is 37.2 Å². The fourth-order valence-corrected chi connectivity index (χ4v) is 4.06. The molecule has 2 aromatic rings. The fraction of sp³-hybridized carbons (Fsp3) is 0.357. The lowest BCUT2D eigenvalue weighted by atomic mass is 9.74. The minimum absolute atomic E-state index is 0.0345. The SMILES string of the molecule is C\C=C(/C=C\C=C(/C)CC)CC1(C#N)CCN(C(=O)c2cccnc2-c2ccncc2)CC1. The van der Waals surface area contributed by atoms with Gasteiger partial charge in [-0.1, -0.05) is 42.4 Å². The molecule has 1 aliphatic heterocycles. The van der Waals surface area contributed by atoms with Gasteiger partial charge in [0.15, 0.2) is 0 Å². The van der Waals surface area contributed by atoms with Crippen LogP contribution >= 0.6 is 0 Å². The molecule has 0 aromatic carbocycles. The van der Waals surface area contributed by atoms with Gasteiger partial charge >= 0.3 is 0 Å². The predicted molar refractivity (Wildman–Crippen MR) is 132 cm³/mol. The molecule has 0 saturated carbocycles. The Balaban J connectivity index is 1.71. The molecule has 1 amide bonds. The highest BCUT2D eigenvalue weighted by Crippen LogP contribution is 2.38. The molecule has 1 saturated heterocycles. The summed E-state index contributed by atoms with van der Waals surface area (Å²) in [5.41, 5.74) is 4.15. The van der Waals surface area contributed by atoms with Gasteiger partial charge in [0.25, 0.3) is 5.91 Å². The van der Waals surface area contributed by atoms with E-state index in [0.29, 0.717) is 43.6 Å². The molecule has 2 aromatic heterocycles. The molecule has 0 atom stereocenters. The summed E-state index contributed by atoms with van der Waals surface area (Å²) in [7, 11) is 0. The van der Waals surface area contributed by atoms with E-state index in [4.69, 9.17) is 0 Å². The summed E-state index contributed by atoms with van der Waals surface area (Å²) in [5.74, 6) is -0.0345. The molecule has 0 bridgehead atoms. The molecule has 33 heavy (non-hydrogen) atoms. The average molecular weight is 441 g/mol. The number of piperidine rings is 1. The van der Waals surface area contributed by atoms with E-state index in [0.717, 1.165) is 17.6 Å². The van der Waals surface area contributed by atoms with E-state index in [-0.39, 0.29) is 5.91 Å². The number of hydrogen-bond donors (Lipinski definition) is 0. The number of carbonyl (C=O) groups is 1. The van der Waals surface area contributed by atoms with Gasteiger partial charge < -0.3 is 4.90 Å². The Kier molecular flexibility index (Phi) is 8.32. The molecule has 1 aliphatic rings. The van der Waals surface area contributed by atoms with Crippen molar-refractivity contribution >= 4 is 5.91 Å². The van der Waals surface area contributed by atoms with Crippen LogP contribution in [0.25, 0.3) is 11.3 Å². The molecule has 170 valence electrons. The third kappa shape index (κ3) is 6.04. The molecule has 0 radical (unpaired) electrons. The topological polar surface area (TPSA) is 69.9 Å². The van der Waals surface area contributed by atoms with E-state index >= 15 is 0 Å². The van der Waals surface area contributed by atoms with E-state index in [2.05, 4.69) is 54.2 Å². The Hall–Kier alpha value is -3.52. The van der Waals surface area contributed by atoms with Crippen molar-refractivity contribution in [1.29, 1.82) is 5.26 Å². The van der Waals surface area contributed by atoms with Gasteiger partial charge in [0.2, 0.25) is 0 Å². The first-order valence-electron chi connectivity index (χ1n) is 11.6. The lowest BCUT2D eigenvalue weighted by Gasteiger charge is -2.37. The van der Waals surface area contributed by atoms with E-state index in [1.54, 1.807) is 24.7 Å². The second kappa shape index (κ2) is 11.4. The number of hydrogen-bond acceptors (Lipinski definition) is 4. The van der Waals surface area contributed by atoms with Gasteiger partial charge in [-0.3, -0.25) is 14.8 Å². The lowest BCUT2D eigenvalue weighted by Crippen LogP contribution is -2.43. The summed E-state index contributed by atoms with van der Waals surface area (Å²) in [6, 6.07) is 9.92. The number of amides is 1. The van der Waals surface area contributed by atoms with E-state index in [1.165, 1.54) is 5.57 Å². The number of pyridine rings is 2. The average Bonchev–Trinajstić information content (AvgIpc) is 2.88. The van der Waals surface area contributed by atoms with Crippen LogP contribution < -0.4 is 0 Å². The number of allylic oxidation sites excluding steroid dienone is 6. The standard InChI is InChI=1S/C28H32N4O/c1-4-22(3)8-6-9-23(5-2)20-28(21-29)13-18-32(19-14-28)27(33)25-10-7-15-31-26(25)24-11-16-30-17-12-24/h5-12,15-17H,4,13-14,18-20H2,1-3H3/b9-6-,22-8+,23-5+. The van der Waals surface area contributed by atoms with Gasteiger partial charge in [0.1, 0.15) is 0 Å². The minimum atomic E-state index is -0.449. The van der Waals surface area contributed by atoms with Crippen molar-refractivity contribution in [2.75, 3.05) is 13.1 Å². The van der Waals surface area contributed by atoms with Crippen molar-refractivity contribution in [2.45, 2.75) is 46.5 Å². The third-order valence-corrected chi connectivity index (χ3v) is 6.40. The van der Waals surface area contributed by atoms with Crippen LogP contribution in [0.15, 0.2) is 78.3 Å². The van der Waals surface area contributed by atoms with Crippen molar-refractivity contribution in [3.05, 3.63) is 83.9 Å². The summed E-state index contributed by atoms with van der Waals surface area (Å²) in [4.78, 5) is 23.7. The molecule has 0 aliphatic carbocycles. The van der Waals surface area contributed by atoms with Crippen molar-refractivity contribution in [3.63, 3.8) is 0 Å². The molecule has 1 fully saturated rings. The number of nitriles is 1. The number of carbonyl (C=O) groups excluding carboxylic acids is 1. The van der Waals surface area contributed by atoms with Gasteiger partial charge in [-0.2, -0.15) is 5.26 Å². The van der Waals surface area contributed by atoms with Crippen LogP contribution in [-0.4, -0.2) is 33.9 Å². The molecule has 5 nitrogen and oxygen atoms in total. The zero-order valence-electron chi connectivity index (χ0n) is 19.8. The number of aromatic nitrogens is 2. The zero-order chi connectivity index (χ0) is 23.7. The van der Waals surface area contributed by atoms with Gasteiger partial charge in [-0.15, -0.1) is 0 Å². The maximum absolute atomic E-state index is 13.4. The Morgan fingerprint density at radius 1 is 1.21 bits per heavy atom. The molecule has 0 unspecified atom stereocenters. The molecule has 5 heteroatoms. The largest absolute Gasteiger partial charge is 0.338 e. The monoisotopic (exact) mass is 440 g/mol. The maximum Gasteiger partial charge on any atom is 0.256 e. The minimum Gasteiger partial charge on any atom is -0.338 e. The first-order valence-corrected chi connectivity index (χ1v) is 11.6. The van der Waals surface area contributed by atoms with Crippen molar-refractivity contribution in [1.82, 2.24) is 14.9 Å². The highest BCUT2D eigenvalue weighted by molar-refractivity contribution is 5.99. The van der Waals surface area contributed by atoms with Crippen molar-refractivity contribution < 1.29 is 4.79 Å². The van der Waals surface area contributed by atoms with Crippen LogP contribution in [0, 0.1) is 16.7 Å². The molecule has 3 rings (SSSR count). The molecule has 0 spiro atoms. The summed E-state index contributed by atoms with van der Waals surface area (Å²) in [6.07, 6.45) is 16.5. The summed E-state index contributed by atoms with van der Waals surface area (Å²) in [6.45, 7) is 7.40. The van der Waals surface area contributed by atoms with Crippen LogP contribution in [0.1, 0.15) is 56.8 Å². The maximum atomic E-state index is 13.4. The summed E-state index contributed by atoms with van der Waals surface area (Å²) >= 11 is 0. The Labute approximate surface area is 197 Å². The van der Waals surface area contributed by atoms with E-state index in [9.17, 15) is 10.1 Å². The van der Waals surface area contributed by atoms with E-state index < -0.39 is 5.41 Å². The first-order chi connectivity index (χ1) is 16.0. The van der Waals surface area contributed by atoms with Crippen LogP contribution in [-0.2, 0) is 0 Å². The Morgan fingerprint density at radius 3 is 2.58 bits per heavy atom. The number of likely N-dealkylation sites (tertiary alicyclic amines) is 1.